The highest BCUT2D eigenvalue weighted by Gasteiger charge is 2.44. The Bertz CT molecular complexity index is 205. The Balaban J connectivity index is 2.58. The fourth-order valence-corrected chi connectivity index (χ4v) is 4.05. The highest BCUT2D eigenvalue weighted by atomic mass is 28.4. The fourth-order valence-electron chi connectivity index (χ4n) is 1.58. The largest absolute Gasteiger partial charge is 0.508 e. The van der Waals surface area contributed by atoms with E-state index >= 15 is 0 Å². The Labute approximate surface area is 90.9 Å². The van der Waals surface area contributed by atoms with Crippen molar-refractivity contribution in [1.82, 2.24) is 0 Å². The summed E-state index contributed by atoms with van der Waals surface area (Å²) in [5.74, 6) is 0. The van der Waals surface area contributed by atoms with Gasteiger partial charge in [-0.15, -0.1) is 0 Å². The molecule has 1 aliphatic heterocycles. The molecule has 5 nitrogen and oxygen atoms in total. The second-order valence-corrected chi connectivity index (χ2v) is 6.88. The minimum absolute atomic E-state index is 0.0510. The molecule has 0 aliphatic carbocycles. The van der Waals surface area contributed by atoms with E-state index in [4.69, 9.17) is 18.3 Å². The van der Waals surface area contributed by atoms with Gasteiger partial charge in [-0.2, -0.15) is 0 Å². The molecule has 0 spiro atoms. The number of carbonyl (C=O) groups is 1. The maximum atomic E-state index is 10.7. The summed E-state index contributed by atoms with van der Waals surface area (Å²) in [6.45, 7) is 7.72. The van der Waals surface area contributed by atoms with Crippen LogP contribution >= 0.6 is 0 Å². The van der Waals surface area contributed by atoms with Crippen molar-refractivity contribution in [2.75, 3.05) is 26.4 Å². The van der Waals surface area contributed by atoms with E-state index in [9.17, 15) is 4.79 Å². The summed E-state index contributed by atoms with van der Waals surface area (Å²) >= 11 is 0. The fraction of sp³-hybridized carbons (Fsp3) is 0.889. The molecule has 0 aromatic carbocycles. The van der Waals surface area contributed by atoms with Crippen LogP contribution in [-0.4, -0.2) is 41.1 Å². The first kappa shape index (κ1) is 12.5. The van der Waals surface area contributed by atoms with Crippen LogP contribution in [0.2, 0.25) is 12.1 Å². The number of ether oxygens (including phenoxy) is 2. The lowest BCUT2D eigenvalue weighted by molar-refractivity contribution is 0.00778. The van der Waals surface area contributed by atoms with Crippen LogP contribution in [0.4, 0.5) is 4.79 Å². The minimum atomic E-state index is -2.28. The van der Waals surface area contributed by atoms with Gasteiger partial charge in [0.2, 0.25) is 0 Å². The predicted octanol–water partition coefficient (Wildman–Crippen LogP) is 1.67. The van der Waals surface area contributed by atoms with E-state index in [1.165, 1.54) is 0 Å². The van der Waals surface area contributed by atoms with E-state index < -0.39 is 14.7 Å². The van der Waals surface area contributed by atoms with Gasteiger partial charge in [0.1, 0.15) is 13.2 Å². The Kier molecular flexibility index (Phi) is 4.56. The lowest BCUT2D eigenvalue weighted by Gasteiger charge is -2.34. The van der Waals surface area contributed by atoms with Crippen molar-refractivity contribution >= 4 is 14.7 Å². The quantitative estimate of drug-likeness (QED) is 0.535. The van der Waals surface area contributed by atoms with Gasteiger partial charge in [0.15, 0.2) is 0 Å². The average molecular weight is 234 g/mol. The third kappa shape index (κ3) is 3.18. The molecule has 6 heteroatoms. The average Bonchev–Trinajstić information content (AvgIpc) is 2.19. The van der Waals surface area contributed by atoms with Gasteiger partial charge < -0.3 is 18.3 Å². The molecule has 0 radical (unpaired) electrons. The van der Waals surface area contributed by atoms with Crippen molar-refractivity contribution < 1.29 is 23.1 Å². The smallest absolute Gasteiger partial charge is 0.434 e. The first-order valence-corrected chi connectivity index (χ1v) is 7.59. The lowest BCUT2D eigenvalue weighted by Crippen LogP contribution is -2.49. The second-order valence-electron chi connectivity index (χ2n) is 3.45. The standard InChI is InChI=1S/C9H18O5Si/c1-4-13-15(3,14-5-2)8-6-11-9(10)12-7-8/h8H,4-7H2,1-3H3. The third-order valence-electron chi connectivity index (χ3n) is 2.41. The second kappa shape index (κ2) is 5.48. The summed E-state index contributed by atoms with van der Waals surface area (Å²) in [4.78, 5) is 10.7. The summed E-state index contributed by atoms with van der Waals surface area (Å²) in [7, 11) is -2.28. The Hall–Kier alpha value is -0.593. The van der Waals surface area contributed by atoms with Crippen molar-refractivity contribution in [1.29, 1.82) is 0 Å². The molecule has 1 rings (SSSR count). The zero-order valence-corrected chi connectivity index (χ0v) is 10.4. The maximum Gasteiger partial charge on any atom is 0.508 e. The maximum absolute atomic E-state index is 10.7. The van der Waals surface area contributed by atoms with E-state index in [-0.39, 0.29) is 5.54 Å². The topological polar surface area (TPSA) is 54.0 Å². The van der Waals surface area contributed by atoms with Gasteiger partial charge in [0.25, 0.3) is 0 Å². The van der Waals surface area contributed by atoms with Gasteiger partial charge in [-0.3, -0.25) is 0 Å². The van der Waals surface area contributed by atoms with E-state index in [1.807, 2.05) is 20.4 Å². The summed E-state index contributed by atoms with van der Waals surface area (Å²) in [5, 5.41) is 0. The molecule has 15 heavy (non-hydrogen) atoms. The van der Waals surface area contributed by atoms with Gasteiger partial charge in [-0.1, -0.05) is 0 Å². The number of cyclic esters (lactones) is 2. The summed E-state index contributed by atoms with van der Waals surface area (Å²) < 4.78 is 21.1. The van der Waals surface area contributed by atoms with Gasteiger partial charge >= 0.3 is 14.7 Å². The highest BCUT2D eigenvalue weighted by Crippen LogP contribution is 2.28. The van der Waals surface area contributed by atoms with Crippen LogP contribution in [-0.2, 0) is 18.3 Å². The molecule has 1 aliphatic rings. The van der Waals surface area contributed by atoms with Gasteiger partial charge in [0, 0.05) is 13.2 Å². The van der Waals surface area contributed by atoms with Gasteiger partial charge in [-0.05, 0) is 20.4 Å². The zero-order valence-electron chi connectivity index (χ0n) is 9.45. The molecule has 0 aromatic heterocycles. The van der Waals surface area contributed by atoms with Crippen molar-refractivity contribution in [3.8, 4) is 0 Å². The summed E-state index contributed by atoms with van der Waals surface area (Å²) in [6.07, 6.45) is -0.601. The zero-order chi connectivity index (χ0) is 11.3. The van der Waals surface area contributed by atoms with Crippen LogP contribution in [0.5, 0.6) is 0 Å². The molecule has 0 bridgehead atoms. The van der Waals surface area contributed by atoms with Crippen LogP contribution < -0.4 is 0 Å². The Morgan fingerprint density at radius 2 is 1.73 bits per heavy atom. The molecule has 0 atom stereocenters. The number of carbonyl (C=O) groups excluding carboxylic acids is 1. The Morgan fingerprint density at radius 1 is 1.27 bits per heavy atom. The number of hydrogen-bond donors (Lipinski definition) is 0. The molecule has 1 fully saturated rings. The number of hydrogen-bond acceptors (Lipinski definition) is 5. The molecule has 0 unspecified atom stereocenters. The number of rotatable bonds is 5. The van der Waals surface area contributed by atoms with E-state index in [2.05, 4.69) is 0 Å². The van der Waals surface area contributed by atoms with Crippen molar-refractivity contribution in [2.24, 2.45) is 0 Å². The highest BCUT2D eigenvalue weighted by molar-refractivity contribution is 6.67. The molecule has 1 saturated heterocycles. The predicted molar refractivity (Wildman–Crippen MR) is 55.9 cm³/mol. The van der Waals surface area contributed by atoms with Crippen molar-refractivity contribution in [3.05, 3.63) is 0 Å². The molecular weight excluding hydrogens is 216 g/mol. The van der Waals surface area contributed by atoms with Crippen LogP contribution in [0.25, 0.3) is 0 Å². The summed E-state index contributed by atoms with van der Waals surface area (Å²) in [6, 6.07) is 0. The minimum Gasteiger partial charge on any atom is -0.434 e. The molecule has 0 saturated carbocycles. The normalized spacial score (nSPS) is 18.5. The van der Waals surface area contributed by atoms with Crippen LogP contribution in [0.15, 0.2) is 0 Å². The monoisotopic (exact) mass is 234 g/mol. The first-order chi connectivity index (χ1) is 7.12. The molecular formula is C9H18O5Si. The van der Waals surface area contributed by atoms with Crippen molar-refractivity contribution in [2.45, 2.75) is 25.9 Å². The molecule has 0 aromatic rings. The first-order valence-electron chi connectivity index (χ1n) is 5.19. The van der Waals surface area contributed by atoms with E-state index in [1.54, 1.807) is 0 Å². The van der Waals surface area contributed by atoms with Crippen LogP contribution in [0.1, 0.15) is 13.8 Å². The Morgan fingerprint density at radius 3 is 2.13 bits per heavy atom. The molecule has 1 heterocycles. The lowest BCUT2D eigenvalue weighted by atomic mass is 10.4. The third-order valence-corrected chi connectivity index (χ3v) is 5.95. The summed E-state index contributed by atoms with van der Waals surface area (Å²) in [5.41, 5.74) is 0.0510. The molecule has 88 valence electrons. The molecule has 0 amide bonds. The molecule has 0 N–H and O–H groups in total. The van der Waals surface area contributed by atoms with Gasteiger partial charge in [-0.25, -0.2) is 4.79 Å². The van der Waals surface area contributed by atoms with E-state index in [0.717, 1.165) is 0 Å². The van der Waals surface area contributed by atoms with Gasteiger partial charge in [0.05, 0.1) is 5.54 Å². The van der Waals surface area contributed by atoms with Crippen molar-refractivity contribution in [3.63, 3.8) is 0 Å². The van der Waals surface area contributed by atoms with Crippen LogP contribution in [0.3, 0.4) is 0 Å². The van der Waals surface area contributed by atoms with Crippen LogP contribution in [0, 0.1) is 0 Å². The SMILES string of the molecule is CCO[Si](C)(OCC)C1COC(=O)OC1. The van der Waals surface area contributed by atoms with E-state index in [0.29, 0.717) is 26.4 Å².